The molecule has 1 aromatic rings. The SMILES string of the molecule is CC[C@@H](O)c1ccccc1N1CC(C)C(N(C)C)C1. The number of likely N-dealkylation sites (N-methyl/N-ethyl adjacent to an activating group) is 1. The van der Waals surface area contributed by atoms with Crippen LogP contribution in [0.5, 0.6) is 0 Å². The van der Waals surface area contributed by atoms with E-state index in [-0.39, 0.29) is 6.10 Å². The average molecular weight is 262 g/mol. The van der Waals surface area contributed by atoms with Crippen LogP contribution in [0, 0.1) is 5.92 Å². The molecule has 1 heterocycles. The smallest absolute Gasteiger partial charge is 0.0807 e. The first-order chi connectivity index (χ1) is 9.04. The van der Waals surface area contributed by atoms with E-state index >= 15 is 0 Å². The number of aliphatic hydroxyl groups is 1. The Morgan fingerprint density at radius 3 is 2.58 bits per heavy atom. The van der Waals surface area contributed by atoms with Crippen LogP contribution in [0.2, 0.25) is 0 Å². The summed E-state index contributed by atoms with van der Waals surface area (Å²) in [4.78, 5) is 4.73. The Kier molecular flexibility index (Phi) is 4.48. The first-order valence-corrected chi connectivity index (χ1v) is 7.23. The molecule has 0 bridgehead atoms. The van der Waals surface area contributed by atoms with Crippen molar-refractivity contribution in [2.24, 2.45) is 5.92 Å². The van der Waals surface area contributed by atoms with Crippen LogP contribution in [0.1, 0.15) is 31.9 Å². The summed E-state index contributed by atoms with van der Waals surface area (Å²) >= 11 is 0. The first-order valence-electron chi connectivity index (χ1n) is 7.23. The molecule has 3 atom stereocenters. The van der Waals surface area contributed by atoms with Crippen molar-refractivity contribution in [2.45, 2.75) is 32.4 Å². The van der Waals surface area contributed by atoms with Crippen molar-refractivity contribution in [3.05, 3.63) is 29.8 Å². The number of aliphatic hydroxyl groups excluding tert-OH is 1. The van der Waals surface area contributed by atoms with E-state index in [1.54, 1.807) is 0 Å². The lowest BCUT2D eigenvalue weighted by molar-refractivity contribution is 0.174. The molecule has 1 fully saturated rings. The highest BCUT2D eigenvalue weighted by Crippen LogP contribution is 2.32. The molecular formula is C16H26N2O. The zero-order valence-corrected chi connectivity index (χ0v) is 12.5. The number of nitrogens with zero attached hydrogens (tertiary/aromatic N) is 2. The summed E-state index contributed by atoms with van der Waals surface area (Å²) in [7, 11) is 4.30. The maximum Gasteiger partial charge on any atom is 0.0807 e. The molecule has 106 valence electrons. The van der Waals surface area contributed by atoms with E-state index in [0.29, 0.717) is 12.0 Å². The highest BCUT2D eigenvalue weighted by Gasteiger charge is 2.32. The fourth-order valence-electron chi connectivity index (χ4n) is 3.10. The van der Waals surface area contributed by atoms with Gasteiger partial charge in [-0.15, -0.1) is 0 Å². The molecule has 2 rings (SSSR count). The summed E-state index contributed by atoms with van der Waals surface area (Å²) in [6, 6.07) is 8.86. The van der Waals surface area contributed by atoms with Crippen molar-refractivity contribution in [1.82, 2.24) is 4.90 Å². The van der Waals surface area contributed by atoms with Crippen molar-refractivity contribution in [2.75, 3.05) is 32.1 Å². The number of anilines is 1. The minimum absolute atomic E-state index is 0.357. The van der Waals surface area contributed by atoms with Crippen LogP contribution < -0.4 is 4.90 Å². The molecule has 19 heavy (non-hydrogen) atoms. The molecule has 0 amide bonds. The maximum absolute atomic E-state index is 10.2. The second-order valence-electron chi connectivity index (χ2n) is 5.90. The standard InChI is InChI=1S/C16H26N2O/c1-5-16(19)13-8-6-7-9-14(13)18-10-12(2)15(11-18)17(3)4/h6-9,12,15-16,19H,5,10-11H2,1-4H3/t12?,15?,16-/m1/s1. The van der Waals surface area contributed by atoms with Gasteiger partial charge in [-0.1, -0.05) is 32.0 Å². The number of hydrogen-bond donors (Lipinski definition) is 1. The summed E-state index contributed by atoms with van der Waals surface area (Å²) in [5, 5.41) is 10.2. The molecule has 0 aromatic heterocycles. The number of benzene rings is 1. The second-order valence-corrected chi connectivity index (χ2v) is 5.90. The van der Waals surface area contributed by atoms with Crippen LogP contribution in [-0.4, -0.2) is 43.2 Å². The van der Waals surface area contributed by atoms with E-state index in [4.69, 9.17) is 0 Å². The summed E-state index contributed by atoms with van der Waals surface area (Å²) in [5.41, 5.74) is 2.27. The summed E-state index contributed by atoms with van der Waals surface area (Å²) in [6.45, 7) is 6.44. The Balaban J connectivity index is 2.24. The first kappa shape index (κ1) is 14.4. The molecular weight excluding hydrogens is 236 g/mol. The quantitative estimate of drug-likeness (QED) is 0.903. The van der Waals surface area contributed by atoms with Gasteiger partial charge in [0.05, 0.1) is 6.10 Å². The van der Waals surface area contributed by atoms with Gasteiger partial charge in [-0.2, -0.15) is 0 Å². The van der Waals surface area contributed by atoms with Crippen LogP contribution in [0.25, 0.3) is 0 Å². The van der Waals surface area contributed by atoms with Gasteiger partial charge in [-0.3, -0.25) is 0 Å². The minimum atomic E-state index is -0.357. The molecule has 1 aliphatic heterocycles. The van der Waals surface area contributed by atoms with E-state index in [1.165, 1.54) is 5.69 Å². The van der Waals surface area contributed by atoms with E-state index in [0.717, 1.165) is 25.1 Å². The van der Waals surface area contributed by atoms with Crippen LogP contribution in [0.4, 0.5) is 5.69 Å². The zero-order valence-electron chi connectivity index (χ0n) is 12.5. The van der Waals surface area contributed by atoms with Crippen molar-refractivity contribution in [3.8, 4) is 0 Å². The third-order valence-electron chi connectivity index (χ3n) is 4.26. The van der Waals surface area contributed by atoms with Gasteiger partial charge in [0.2, 0.25) is 0 Å². The van der Waals surface area contributed by atoms with Gasteiger partial charge in [0.1, 0.15) is 0 Å². The Morgan fingerprint density at radius 1 is 1.32 bits per heavy atom. The predicted octanol–water partition coefficient (Wildman–Crippen LogP) is 2.52. The third kappa shape index (κ3) is 2.93. The molecule has 0 spiro atoms. The largest absolute Gasteiger partial charge is 0.388 e. The van der Waals surface area contributed by atoms with Gasteiger partial charge in [0.25, 0.3) is 0 Å². The molecule has 1 N–H and O–H groups in total. The topological polar surface area (TPSA) is 26.7 Å². The summed E-state index contributed by atoms with van der Waals surface area (Å²) in [5.74, 6) is 0.654. The van der Waals surface area contributed by atoms with E-state index in [9.17, 15) is 5.11 Å². The monoisotopic (exact) mass is 262 g/mol. The molecule has 1 aliphatic rings. The number of hydrogen-bond acceptors (Lipinski definition) is 3. The van der Waals surface area contributed by atoms with Gasteiger partial charge in [-0.25, -0.2) is 0 Å². The molecule has 1 aromatic carbocycles. The molecule has 2 unspecified atom stereocenters. The van der Waals surface area contributed by atoms with Crippen molar-refractivity contribution in [1.29, 1.82) is 0 Å². The van der Waals surface area contributed by atoms with Gasteiger partial charge in [-0.05, 0) is 32.5 Å². The summed E-state index contributed by atoms with van der Waals surface area (Å²) < 4.78 is 0. The summed E-state index contributed by atoms with van der Waals surface area (Å²) in [6.07, 6.45) is 0.405. The second kappa shape index (κ2) is 5.93. The lowest BCUT2D eigenvalue weighted by Crippen LogP contribution is -2.34. The fraction of sp³-hybridized carbons (Fsp3) is 0.625. The molecule has 3 heteroatoms. The maximum atomic E-state index is 10.2. The predicted molar refractivity (Wildman–Crippen MR) is 80.5 cm³/mol. The van der Waals surface area contributed by atoms with Gasteiger partial charge < -0.3 is 14.9 Å². The molecule has 3 nitrogen and oxygen atoms in total. The van der Waals surface area contributed by atoms with Crippen LogP contribution in [-0.2, 0) is 0 Å². The van der Waals surface area contributed by atoms with Crippen LogP contribution >= 0.6 is 0 Å². The van der Waals surface area contributed by atoms with Crippen molar-refractivity contribution in [3.63, 3.8) is 0 Å². The molecule has 0 radical (unpaired) electrons. The number of rotatable bonds is 4. The minimum Gasteiger partial charge on any atom is -0.388 e. The number of para-hydroxylation sites is 1. The molecule has 0 saturated carbocycles. The Bertz CT molecular complexity index is 419. The highest BCUT2D eigenvalue weighted by atomic mass is 16.3. The van der Waals surface area contributed by atoms with Gasteiger partial charge in [0.15, 0.2) is 0 Å². The van der Waals surface area contributed by atoms with Gasteiger partial charge >= 0.3 is 0 Å². The highest BCUT2D eigenvalue weighted by molar-refractivity contribution is 5.55. The lowest BCUT2D eigenvalue weighted by atomic mass is 10.0. The molecule has 0 aliphatic carbocycles. The zero-order chi connectivity index (χ0) is 14.0. The van der Waals surface area contributed by atoms with Crippen molar-refractivity contribution >= 4 is 5.69 Å². The third-order valence-corrected chi connectivity index (χ3v) is 4.26. The van der Waals surface area contributed by atoms with E-state index < -0.39 is 0 Å². The van der Waals surface area contributed by atoms with Crippen LogP contribution in [0.3, 0.4) is 0 Å². The van der Waals surface area contributed by atoms with Crippen LogP contribution in [0.15, 0.2) is 24.3 Å². The fourth-order valence-corrected chi connectivity index (χ4v) is 3.10. The average Bonchev–Trinajstić information content (AvgIpc) is 2.80. The van der Waals surface area contributed by atoms with E-state index in [1.807, 2.05) is 13.0 Å². The van der Waals surface area contributed by atoms with Crippen molar-refractivity contribution < 1.29 is 5.11 Å². The Hall–Kier alpha value is -1.06. The Morgan fingerprint density at radius 2 is 2.00 bits per heavy atom. The van der Waals surface area contributed by atoms with E-state index in [2.05, 4.69) is 49.0 Å². The van der Waals surface area contributed by atoms with Gasteiger partial charge in [0, 0.05) is 30.4 Å². The lowest BCUT2D eigenvalue weighted by Gasteiger charge is -2.25. The normalized spacial score (nSPS) is 25.1. The molecule has 1 saturated heterocycles. The Labute approximate surface area is 116 Å².